The average molecular weight is 382 g/mol. The Bertz CT molecular complexity index is 477. The zero-order valence-corrected chi connectivity index (χ0v) is 16.8. The van der Waals surface area contributed by atoms with Gasteiger partial charge in [-0.1, -0.05) is 19.3 Å². The van der Waals surface area contributed by atoms with Crippen LogP contribution in [0.5, 0.6) is 0 Å². The highest BCUT2D eigenvalue weighted by Gasteiger charge is 2.50. The first kappa shape index (κ1) is 20.1. The molecule has 156 valence electrons. The summed E-state index contributed by atoms with van der Waals surface area (Å²) >= 11 is 0. The lowest BCUT2D eigenvalue weighted by molar-refractivity contribution is -0.165. The first-order chi connectivity index (χ1) is 12.9. The Hall–Kier alpha value is -0.200. The zero-order valence-electron chi connectivity index (χ0n) is 16.8. The molecule has 0 aromatic carbocycles. The van der Waals surface area contributed by atoms with Gasteiger partial charge in [0.15, 0.2) is 0 Å². The van der Waals surface area contributed by atoms with Crippen molar-refractivity contribution in [2.45, 2.75) is 101 Å². The van der Waals surface area contributed by atoms with Crippen LogP contribution in [0.4, 0.5) is 0 Å². The highest BCUT2D eigenvalue weighted by atomic mass is 16.4. The number of nitrogens with zero attached hydrogens (tertiary/aromatic N) is 1. The van der Waals surface area contributed by atoms with Crippen molar-refractivity contribution in [2.75, 3.05) is 13.7 Å². The molecule has 27 heavy (non-hydrogen) atoms. The number of aliphatic hydroxyl groups excluding tert-OH is 4. The maximum Gasteiger partial charge on any atom is 0.109 e. The summed E-state index contributed by atoms with van der Waals surface area (Å²) in [6.07, 6.45) is 11.4. The second-order valence-electron chi connectivity index (χ2n) is 10.5. The molecule has 5 heteroatoms. The van der Waals surface area contributed by atoms with E-state index in [1.54, 1.807) is 0 Å². The van der Waals surface area contributed by atoms with Gasteiger partial charge in [-0.25, -0.2) is 0 Å². The predicted molar refractivity (Wildman–Crippen MR) is 104 cm³/mol. The van der Waals surface area contributed by atoms with Gasteiger partial charge < -0.3 is 20.4 Å². The summed E-state index contributed by atoms with van der Waals surface area (Å²) in [4.78, 5) is 1.86. The topological polar surface area (TPSA) is 84.2 Å². The molecule has 4 bridgehead atoms. The quantitative estimate of drug-likeness (QED) is 0.506. The third kappa shape index (κ3) is 3.83. The Morgan fingerprint density at radius 3 is 1.89 bits per heavy atom. The van der Waals surface area contributed by atoms with E-state index in [4.69, 9.17) is 0 Å². The molecule has 0 aromatic rings. The largest absolute Gasteiger partial charge is 0.395 e. The van der Waals surface area contributed by atoms with Crippen molar-refractivity contribution in [2.24, 2.45) is 23.2 Å². The van der Waals surface area contributed by atoms with Gasteiger partial charge in [0, 0.05) is 6.04 Å². The van der Waals surface area contributed by atoms with Crippen LogP contribution in [0.1, 0.15) is 70.6 Å². The molecule has 1 heterocycles. The molecular weight excluding hydrogens is 342 g/mol. The van der Waals surface area contributed by atoms with E-state index in [9.17, 15) is 20.4 Å². The normalized spacial score (nSPS) is 49.7. The van der Waals surface area contributed by atoms with Gasteiger partial charge >= 0.3 is 0 Å². The fourth-order valence-corrected chi connectivity index (χ4v) is 7.62. The van der Waals surface area contributed by atoms with E-state index >= 15 is 0 Å². The minimum atomic E-state index is -1.17. The number of unbranched alkanes of at least 4 members (excludes halogenated alkanes) is 2. The molecule has 0 aromatic heterocycles. The molecule has 5 rings (SSSR count). The molecule has 0 spiro atoms. The first-order valence-corrected chi connectivity index (χ1v) is 11.3. The number of likely N-dealkylation sites (N-methyl/N-ethyl adjacent to an activating group) is 1. The summed E-state index contributed by atoms with van der Waals surface area (Å²) in [6, 6.07) is -0.694. The second kappa shape index (κ2) is 7.91. The van der Waals surface area contributed by atoms with Gasteiger partial charge in [0.05, 0.1) is 18.8 Å². The van der Waals surface area contributed by atoms with Crippen LogP contribution in [-0.2, 0) is 0 Å². The molecular formula is C22H39NO4. The number of hydrogen-bond donors (Lipinski definition) is 4. The van der Waals surface area contributed by atoms with E-state index in [1.807, 2.05) is 11.9 Å². The van der Waals surface area contributed by atoms with Crippen LogP contribution in [0.15, 0.2) is 0 Å². The molecule has 0 amide bonds. The lowest BCUT2D eigenvalue weighted by Crippen LogP contribution is -2.66. The molecule has 0 radical (unpaired) electrons. The summed E-state index contributed by atoms with van der Waals surface area (Å²) in [5.41, 5.74) is 0.651. The fraction of sp³-hybridized carbons (Fsp3) is 1.00. The van der Waals surface area contributed by atoms with Crippen molar-refractivity contribution < 1.29 is 20.4 Å². The van der Waals surface area contributed by atoms with Crippen LogP contribution in [-0.4, -0.2) is 69.4 Å². The van der Waals surface area contributed by atoms with Gasteiger partial charge in [-0.15, -0.1) is 0 Å². The van der Waals surface area contributed by atoms with Crippen molar-refractivity contribution in [1.29, 1.82) is 0 Å². The Morgan fingerprint density at radius 1 is 0.778 bits per heavy atom. The standard InChI is InChI=1S/C22H39NO4/c1-23-17(19(25)21(27)20(26)18(23)13-24)5-3-2-4-6-22-10-14-7-15(11-22)9-16(8-14)12-22/h14-21,24-27H,2-13H2,1H3/t14?,15?,16?,17-,18+,19-,20+,21+,22?/m0/s1. The van der Waals surface area contributed by atoms with Crippen LogP contribution in [0.2, 0.25) is 0 Å². The number of piperidine rings is 1. The third-order valence-electron chi connectivity index (χ3n) is 8.59. The number of hydrogen-bond acceptors (Lipinski definition) is 5. The van der Waals surface area contributed by atoms with E-state index in [0.29, 0.717) is 5.41 Å². The van der Waals surface area contributed by atoms with Gasteiger partial charge in [0.2, 0.25) is 0 Å². The van der Waals surface area contributed by atoms with Crippen LogP contribution in [0.3, 0.4) is 0 Å². The van der Waals surface area contributed by atoms with E-state index in [-0.39, 0.29) is 12.6 Å². The molecule has 5 atom stereocenters. The number of likely N-dealkylation sites (tertiary alicyclic amines) is 1. The summed E-state index contributed by atoms with van der Waals surface area (Å²) in [7, 11) is 1.83. The smallest absolute Gasteiger partial charge is 0.109 e. The van der Waals surface area contributed by atoms with E-state index in [2.05, 4.69) is 0 Å². The summed E-state index contributed by atoms with van der Waals surface area (Å²) < 4.78 is 0. The monoisotopic (exact) mass is 381 g/mol. The average Bonchev–Trinajstić information content (AvgIpc) is 2.61. The Kier molecular flexibility index (Phi) is 5.88. The van der Waals surface area contributed by atoms with Crippen LogP contribution in [0.25, 0.3) is 0 Å². The number of aliphatic hydroxyl groups is 4. The lowest BCUT2D eigenvalue weighted by Gasteiger charge is -2.57. The Labute approximate surface area is 163 Å². The fourth-order valence-electron chi connectivity index (χ4n) is 7.62. The van der Waals surface area contributed by atoms with Gasteiger partial charge in [-0.3, -0.25) is 4.90 Å². The van der Waals surface area contributed by atoms with Gasteiger partial charge in [-0.05, 0) is 81.6 Å². The molecule has 1 aliphatic heterocycles. The first-order valence-electron chi connectivity index (χ1n) is 11.3. The highest BCUT2D eigenvalue weighted by molar-refractivity contribution is 5.01. The van der Waals surface area contributed by atoms with Crippen molar-refractivity contribution in [3.05, 3.63) is 0 Å². The van der Waals surface area contributed by atoms with Crippen LogP contribution in [0, 0.1) is 23.2 Å². The maximum absolute atomic E-state index is 10.4. The molecule has 1 saturated heterocycles. The van der Waals surface area contributed by atoms with Crippen LogP contribution < -0.4 is 0 Å². The van der Waals surface area contributed by atoms with Crippen LogP contribution >= 0.6 is 0 Å². The molecule has 5 fully saturated rings. The predicted octanol–water partition coefficient (Wildman–Crippen LogP) is 1.91. The Balaban J connectivity index is 1.23. The van der Waals surface area contributed by atoms with Gasteiger partial charge in [0.1, 0.15) is 12.2 Å². The minimum absolute atomic E-state index is 0.194. The van der Waals surface area contributed by atoms with E-state index in [1.165, 1.54) is 57.8 Å². The van der Waals surface area contributed by atoms with Crippen molar-refractivity contribution in [1.82, 2.24) is 4.90 Å². The SMILES string of the molecule is CN1[C@H](CO)[C@@H](O)[C@H](O)[C@@H](O)[C@@H]1CCCCCC12CC3CC(CC(C3)C1)C2. The van der Waals surface area contributed by atoms with Gasteiger partial charge in [0.25, 0.3) is 0 Å². The molecule has 5 nitrogen and oxygen atoms in total. The van der Waals surface area contributed by atoms with E-state index < -0.39 is 24.4 Å². The lowest BCUT2D eigenvalue weighted by atomic mass is 9.48. The summed E-state index contributed by atoms with van der Waals surface area (Å²) in [6.45, 7) is -0.204. The molecule has 0 unspecified atom stereocenters. The van der Waals surface area contributed by atoms with Crippen molar-refractivity contribution in [3.63, 3.8) is 0 Å². The summed E-state index contributed by atoms with van der Waals surface area (Å²) in [5, 5.41) is 40.0. The van der Waals surface area contributed by atoms with E-state index in [0.717, 1.165) is 30.6 Å². The highest BCUT2D eigenvalue weighted by Crippen LogP contribution is 2.61. The minimum Gasteiger partial charge on any atom is -0.395 e. The maximum atomic E-state index is 10.4. The number of rotatable bonds is 7. The molecule has 4 saturated carbocycles. The zero-order chi connectivity index (χ0) is 19.2. The van der Waals surface area contributed by atoms with Crippen molar-refractivity contribution in [3.8, 4) is 0 Å². The summed E-state index contributed by atoms with van der Waals surface area (Å²) in [5.74, 6) is 3.06. The van der Waals surface area contributed by atoms with Gasteiger partial charge in [-0.2, -0.15) is 0 Å². The molecule has 5 aliphatic rings. The molecule has 4 N–H and O–H groups in total. The third-order valence-corrected chi connectivity index (χ3v) is 8.59. The van der Waals surface area contributed by atoms with Crippen molar-refractivity contribution >= 4 is 0 Å². The Morgan fingerprint density at radius 2 is 1.33 bits per heavy atom. The second-order valence-corrected chi connectivity index (χ2v) is 10.5. The molecule has 4 aliphatic carbocycles.